The molecule has 52 valence electrons. The summed E-state index contributed by atoms with van der Waals surface area (Å²) in [5, 5.41) is 8.31. The van der Waals surface area contributed by atoms with E-state index < -0.39 is 17.3 Å². The molecule has 0 bridgehead atoms. The highest BCUT2D eigenvalue weighted by atomic mass is 16.4. The van der Waals surface area contributed by atoms with Crippen molar-refractivity contribution in [3.05, 3.63) is 0 Å². The zero-order valence-electron chi connectivity index (χ0n) is 5.34. The number of hydrogen-bond acceptors (Lipinski definition) is 2. The molecule has 0 unspecified atom stereocenters. The van der Waals surface area contributed by atoms with Crippen molar-refractivity contribution in [3.8, 4) is 0 Å². The largest absolute Gasteiger partial charge is 0.480 e. The van der Waals surface area contributed by atoms with Crippen LogP contribution in [0, 0.1) is 5.41 Å². The first-order chi connectivity index (χ1) is 3.89. The SMILES string of the molecule is CC(C)(C(N)=O)C(=O)O. The molecule has 0 aromatic carbocycles. The van der Waals surface area contributed by atoms with Gasteiger partial charge in [0, 0.05) is 0 Å². The molecule has 0 aromatic rings. The van der Waals surface area contributed by atoms with Gasteiger partial charge in [0.25, 0.3) is 0 Å². The minimum Gasteiger partial charge on any atom is -0.480 e. The summed E-state index contributed by atoms with van der Waals surface area (Å²) in [5.74, 6) is -2.02. The smallest absolute Gasteiger partial charge is 0.318 e. The zero-order chi connectivity index (χ0) is 7.65. The number of carboxylic acid groups (broad SMARTS) is 1. The molecular formula is C5H9NO3. The maximum atomic E-state index is 10.3. The van der Waals surface area contributed by atoms with Crippen molar-refractivity contribution < 1.29 is 14.7 Å². The van der Waals surface area contributed by atoms with Crippen LogP contribution in [0.15, 0.2) is 0 Å². The summed E-state index contributed by atoms with van der Waals surface area (Å²) in [4.78, 5) is 20.5. The first-order valence-electron chi connectivity index (χ1n) is 2.42. The molecule has 3 N–H and O–H groups in total. The Morgan fingerprint density at radius 1 is 1.44 bits per heavy atom. The van der Waals surface area contributed by atoms with Crippen LogP contribution in [0.5, 0.6) is 0 Å². The quantitative estimate of drug-likeness (QED) is 0.499. The van der Waals surface area contributed by atoms with Gasteiger partial charge in [-0.3, -0.25) is 9.59 Å². The Kier molecular flexibility index (Phi) is 1.80. The predicted octanol–water partition coefficient (Wildman–Crippen LogP) is -0.418. The Balaban J connectivity index is 4.38. The number of carbonyl (C=O) groups is 2. The Bertz CT molecular complexity index is 134. The summed E-state index contributed by atoms with van der Waals surface area (Å²) in [6.45, 7) is 2.52. The van der Waals surface area contributed by atoms with E-state index in [1.807, 2.05) is 0 Å². The molecule has 0 spiro atoms. The van der Waals surface area contributed by atoms with Crippen LogP contribution in [0.4, 0.5) is 0 Å². The Hall–Kier alpha value is -1.06. The van der Waals surface area contributed by atoms with Gasteiger partial charge >= 0.3 is 5.97 Å². The molecular weight excluding hydrogens is 122 g/mol. The van der Waals surface area contributed by atoms with E-state index in [0.717, 1.165) is 0 Å². The second-order valence-electron chi connectivity index (χ2n) is 2.29. The number of rotatable bonds is 2. The van der Waals surface area contributed by atoms with Crippen LogP contribution in [0.1, 0.15) is 13.8 Å². The lowest BCUT2D eigenvalue weighted by molar-refractivity contribution is -0.152. The first kappa shape index (κ1) is 7.94. The summed E-state index contributed by atoms with van der Waals surface area (Å²) in [7, 11) is 0. The Morgan fingerprint density at radius 3 is 1.78 bits per heavy atom. The van der Waals surface area contributed by atoms with Crippen LogP contribution < -0.4 is 5.73 Å². The van der Waals surface area contributed by atoms with Gasteiger partial charge in [-0.15, -0.1) is 0 Å². The van der Waals surface area contributed by atoms with Gasteiger partial charge < -0.3 is 10.8 Å². The molecule has 0 aromatic heterocycles. The first-order valence-corrected chi connectivity index (χ1v) is 2.42. The second-order valence-corrected chi connectivity index (χ2v) is 2.29. The van der Waals surface area contributed by atoms with Crippen molar-refractivity contribution in [2.45, 2.75) is 13.8 Å². The van der Waals surface area contributed by atoms with E-state index in [2.05, 4.69) is 0 Å². The van der Waals surface area contributed by atoms with E-state index in [1.165, 1.54) is 13.8 Å². The van der Waals surface area contributed by atoms with Crippen molar-refractivity contribution in [2.24, 2.45) is 11.1 Å². The van der Waals surface area contributed by atoms with Gasteiger partial charge in [0.15, 0.2) is 0 Å². The van der Waals surface area contributed by atoms with Crippen LogP contribution in [0.2, 0.25) is 0 Å². The summed E-state index contributed by atoms with van der Waals surface area (Å²) in [6.07, 6.45) is 0. The Morgan fingerprint density at radius 2 is 1.78 bits per heavy atom. The minimum absolute atomic E-state index is 0.824. The molecule has 0 atom stereocenters. The highest BCUT2D eigenvalue weighted by Crippen LogP contribution is 2.12. The highest BCUT2D eigenvalue weighted by molar-refractivity contribution is 6.00. The molecule has 0 aliphatic rings. The molecule has 9 heavy (non-hydrogen) atoms. The number of carboxylic acids is 1. The third kappa shape index (κ3) is 1.42. The number of amides is 1. The summed E-state index contributed by atoms with van der Waals surface area (Å²) < 4.78 is 0. The van der Waals surface area contributed by atoms with Crippen molar-refractivity contribution in [1.82, 2.24) is 0 Å². The number of carbonyl (C=O) groups excluding carboxylic acids is 1. The van der Waals surface area contributed by atoms with Crippen molar-refractivity contribution in [1.29, 1.82) is 0 Å². The summed E-state index contributed by atoms with van der Waals surface area (Å²) in [6, 6.07) is 0. The monoisotopic (exact) mass is 131 g/mol. The van der Waals surface area contributed by atoms with E-state index >= 15 is 0 Å². The van der Waals surface area contributed by atoms with E-state index in [0.29, 0.717) is 0 Å². The summed E-state index contributed by atoms with van der Waals surface area (Å²) >= 11 is 0. The maximum absolute atomic E-state index is 10.3. The third-order valence-electron chi connectivity index (χ3n) is 1.15. The molecule has 0 saturated carbocycles. The fourth-order valence-corrected chi connectivity index (χ4v) is 0.105. The lowest BCUT2D eigenvalue weighted by Crippen LogP contribution is -2.38. The van der Waals surface area contributed by atoms with E-state index in [9.17, 15) is 9.59 Å². The standard InChI is InChI=1S/C5H9NO3/c1-5(2,3(6)7)4(8)9/h1-2H3,(H2,6,7)(H,8,9). The number of primary amides is 1. The molecule has 0 aliphatic carbocycles. The van der Waals surface area contributed by atoms with Gasteiger partial charge in [0.05, 0.1) is 0 Å². The Labute approximate surface area is 52.7 Å². The van der Waals surface area contributed by atoms with Gasteiger partial charge in [-0.2, -0.15) is 0 Å². The van der Waals surface area contributed by atoms with Crippen LogP contribution in [0.25, 0.3) is 0 Å². The lowest BCUT2D eigenvalue weighted by Gasteiger charge is -2.12. The fraction of sp³-hybridized carbons (Fsp3) is 0.600. The number of aliphatic carboxylic acids is 1. The van der Waals surface area contributed by atoms with Crippen molar-refractivity contribution in [2.75, 3.05) is 0 Å². The van der Waals surface area contributed by atoms with Gasteiger partial charge in [-0.25, -0.2) is 0 Å². The van der Waals surface area contributed by atoms with Gasteiger partial charge in [0.2, 0.25) is 5.91 Å². The topological polar surface area (TPSA) is 80.4 Å². The molecule has 0 fully saturated rings. The minimum atomic E-state index is -1.44. The third-order valence-corrected chi connectivity index (χ3v) is 1.15. The van der Waals surface area contributed by atoms with E-state index in [1.54, 1.807) is 0 Å². The normalized spacial score (nSPS) is 10.9. The lowest BCUT2D eigenvalue weighted by atomic mass is 9.93. The average molecular weight is 131 g/mol. The second kappa shape index (κ2) is 2.05. The van der Waals surface area contributed by atoms with Crippen molar-refractivity contribution in [3.63, 3.8) is 0 Å². The fourth-order valence-electron chi connectivity index (χ4n) is 0.105. The van der Waals surface area contributed by atoms with Crippen LogP contribution >= 0.6 is 0 Å². The van der Waals surface area contributed by atoms with Crippen LogP contribution in [-0.4, -0.2) is 17.0 Å². The molecule has 0 heterocycles. The molecule has 4 nitrogen and oxygen atoms in total. The van der Waals surface area contributed by atoms with E-state index in [4.69, 9.17) is 10.8 Å². The van der Waals surface area contributed by atoms with Gasteiger partial charge in [-0.05, 0) is 13.8 Å². The number of nitrogens with two attached hydrogens (primary N) is 1. The van der Waals surface area contributed by atoms with E-state index in [-0.39, 0.29) is 0 Å². The zero-order valence-corrected chi connectivity index (χ0v) is 5.34. The van der Waals surface area contributed by atoms with Gasteiger partial charge in [0.1, 0.15) is 5.41 Å². The highest BCUT2D eigenvalue weighted by Gasteiger charge is 2.33. The van der Waals surface area contributed by atoms with Crippen LogP contribution in [0.3, 0.4) is 0 Å². The molecule has 4 heteroatoms. The molecule has 1 amide bonds. The predicted molar refractivity (Wildman–Crippen MR) is 30.6 cm³/mol. The molecule has 0 saturated heterocycles. The molecule has 0 aliphatic heterocycles. The summed E-state index contributed by atoms with van der Waals surface area (Å²) in [5.41, 5.74) is 3.31. The number of hydrogen-bond donors (Lipinski definition) is 2. The van der Waals surface area contributed by atoms with Crippen molar-refractivity contribution >= 4 is 11.9 Å². The average Bonchev–Trinajstić information content (AvgIpc) is 1.65. The van der Waals surface area contributed by atoms with Gasteiger partial charge in [-0.1, -0.05) is 0 Å². The molecule has 0 radical (unpaired) electrons. The van der Waals surface area contributed by atoms with Crippen LogP contribution in [-0.2, 0) is 9.59 Å². The molecule has 0 rings (SSSR count). The maximum Gasteiger partial charge on any atom is 0.318 e.